The largest absolute Gasteiger partial charge is 0.381 e. The molecule has 0 saturated carbocycles. The Morgan fingerprint density at radius 1 is 1.45 bits per heavy atom. The van der Waals surface area contributed by atoms with Gasteiger partial charge in [0.25, 0.3) is 0 Å². The number of hydrogen-bond acceptors (Lipinski definition) is 5. The van der Waals surface area contributed by atoms with Crippen LogP contribution in [-0.4, -0.2) is 18.2 Å². The van der Waals surface area contributed by atoms with Crippen LogP contribution < -0.4 is 10.5 Å². The number of hydrogen-bond donors (Lipinski definition) is 2. The maximum absolute atomic E-state index is 12.4. The highest BCUT2D eigenvalue weighted by atomic mass is 32.2. The SMILES string of the molecule is CC(C)C(NS(=O)(=O)c1cn(C)nc1N)c1cccs1. The van der Waals surface area contributed by atoms with Crippen LogP contribution in [0.25, 0.3) is 0 Å². The van der Waals surface area contributed by atoms with Crippen LogP contribution in [0.2, 0.25) is 0 Å². The van der Waals surface area contributed by atoms with Gasteiger partial charge >= 0.3 is 0 Å². The monoisotopic (exact) mass is 314 g/mol. The van der Waals surface area contributed by atoms with Gasteiger partial charge in [0.05, 0.1) is 6.04 Å². The van der Waals surface area contributed by atoms with E-state index in [2.05, 4.69) is 9.82 Å². The highest BCUT2D eigenvalue weighted by Gasteiger charge is 2.27. The Kier molecular flexibility index (Phi) is 4.17. The number of nitrogen functional groups attached to an aromatic ring is 1. The summed E-state index contributed by atoms with van der Waals surface area (Å²) in [5.41, 5.74) is 5.65. The average Bonchev–Trinajstić information content (AvgIpc) is 2.95. The van der Waals surface area contributed by atoms with Crippen molar-refractivity contribution in [2.24, 2.45) is 13.0 Å². The van der Waals surface area contributed by atoms with Gasteiger partial charge < -0.3 is 5.73 Å². The van der Waals surface area contributed by atoms with E-state index in [1.807, 2.05) is 31.4 Å². The lowest BCUT2D eigenvalue weighted by atomic mass is 10.0. The predicted molar refractivity (Wildman–Crippen MR) is 79.8 cm³/mol. The van der Waals surface area contributed by atoms with Crippen LogP contribution in [0.15, 0.2) is 28.6 Å². The van der Waals surface area contributed by atoms with Crippen molar-refractivity contribution in [3.8, 4) is 0 Å². The lowest BCUT2D eigenvalue weighted by Crippen LogP contribution is -2.31. The van der Waals surface area contributed by atoms with Crippen molar-refractivity contribution in [2.75, 3.05) is 5.73 Å². The zero-order chi connectivity index (χ0) is 14.9. The molecule has 2 heterocycles. The number of thiophene rings is 1. The van der Waals surface area contributed by atoms with Crippen LogP contribution in [0.3, 0.4) is 0 Å². The molecule has 0 saturated heterocycles. The van der Waals surface area contributed by atoms with Crippen LogP contribution in [0.5, 0.6) is 0 Å². The van der Waals surface area contributed by atoms with Crippen LogP contribution in [0, 0.1) is 5.92 Å². The second kappa shape index (κ2) is 5.55. The fourth-order valence-corrected chi connectivity index (χ4v) is 4.40. The Morgan fingerprint density at radius 2 is 2.15 bits per heavy atom. The maximum Gasteiger partial charge on any atom is 0.246 e. The molecule has 2 aromatic heterocycles. The summed E-state index contributed by atoms with van der Waals surface area (Å²) >= 11 is 1.53. The summed E-state index contributed by atoms with van der Waals surface area (Å²) in [4.78, 5) is 0.994. The minimum atomic E-state index is -3.69. The van der Waals surface area contributed by atoms with Crippen LogP contribution in [-0.2, 0) is 17.1 Å². The number of nitrogens with two attached hydrogens (primary N) is 1. The minimum absolute atomic E-state index is 0.00804. The van der Waals surface area contributed by atoms with Crippen LogP contribution >= 0.6 is 11.3 Å². The normalized spacial score (nSPS) is 13.8. The second-order valence-electron chi connectivity index (χ2n) is 4.91. The third kappa shape index (κ3) is 3.02. The van der Waals surface area contributed by atoms with Crippen LogP contribution in [0.1, 0.15) is 24.8 Å². The van der Waals surface area contributed by atoms with E-state index in [-0.39, 0.29) is 22.7 Å². The first-order valence-corrected chi connectivity index (χ1v) is 8.52. The fraction of sp³-hybridized carbons (Fsp3) is 0.417. The lowest BCUT2D eigenvalue weighted by molar-refractivity contribution is 0.469. The van der Waals surface area contributed by atoms with E-state index in [9.17, 15) is 8.42 Å². The average molecular weight is 314 g/mol. The van der Waals surface area contributed by atoms with Gasteiger partial charge in [0.15, 0.2) is 5.82 Å². The fourth-order valence-electron chi connectivity index (χ4n) is 1.91. The van der Waals surface area contributed by atoms with Gasteiger partial charge in [-0.1, -0.05) is 19.9 Å². The zero-order valence-corrected chi connectivity index (χ0v) is 13.2. The van der Waals surface area contributed by atoms with E-state index in [0.717, 1.165) is 4.88 Å². The van der Waals surface area contributed by atoms with E-state index < -0.39 is 10.0 Å². The number of nitrogens with one attached hydrogen (secondary N) is 1. The predicted octanol–water partition coefficient (Wildman–Crippen LogP) is 1.74. The molecule has 0 aromatic carbocycles. The van der Waals surface area contributed by atoms with Crippen LogP contribution in [0.4, 0.5) is 5.82 Å². The molecule has 0 amide bonds. The first kappa shape index (κ1) is 15.0. The van der Waals surface area contributed by atoms with Crippen molar-refractivity contribution in [2.45, 2.75) is 24.8 Å². The minimum Gasteiger partial charge on any atom is -0.381 e. The molecule has 0 spiro atoms. The summed E-state index contributed by atoms with van der Waals surface area (Å²) in [6.45, 7) is 3.94. The molecule has 0 radical (unpaired) electrons. The number of sulfonamides is 1. The Bertz CT molecular complexity index is 674. The van der Waals surface area contributed by atoms with Crippen molar-refractivity contribution < 1.29 is 8.42 Å². The van der Waals surface area contributed by atoms with Crippen molar-refractivity contribution in [3.05, 3.63) is 28.6 Å². The van der Waals surface area contributed by atoms with Gasteiger partial charge in [-0.15, -0.1) is 11.3 Å². The highest BCUT2D eigenvalue weighted by molar-refractivity contribution is 7.89. The maximum atomic E-state index is 12.4. The van der Waals surface area contributed by atoms with Gasteiger partial charge in [-0.05, 0) is 17.4 Å². The van der Waals surface area contributed by atoms with E-state index in [0.29, 0.717) is 0 Å². The van der Waals surface area contributed by atoms with Gasteiger partial charge in [-0.2, -0.15) is 5.10 Å². The number of aromatic nitrogens is 2. The zero-order valence-electron chi connectivity index (χ0n) is 11.6. The molecular weight excluding hydrogens is 296 g/mol. The first-order valence-electron chi connectivity index (χ1n) is 6.16. The molecule has 0 aliphatic rings. The molecule has 6 nitrogen and oxygen atoms in total. The molecule has 1 atom stereocenters. The van der Waals surface area contributed by atoms with Crippen molar-refractivity contribution in [1.82, 2.24) is 14.5 Å². The summed E-state index contributed by atoms with van der Waals surface area (Å²) in [6, 6.07) is 3.55. The van der Waals surface area contributed by atoms with Gasteiger partial charge in [0.2, 0.25) is 10.0 Å². The third-order valence-electron chi connectivity index (χ3n) is 2.91. The Morgan fingerprint density at radius 3 is 2.60 bits per heavy atom. The second-order valence-corrected chi connectivity index (χ2v) is 7.57. The summed E-state index contributed by atoms with van der Waals surface area (Å²) in [5, 5.41) is 5.80. The van der Waals surface area contributed by atoms with Crippen molar-refractivity contribution in [3.63, 3.8) is 0 Å². The highest BCUT2D eigenvalue weighted by Crippen LogP contribution is 2.28. The van der Waals surface area contributed by atoms with E-state index >= 15 is 0 Å². The standard InChI is InChI=1S/C12H18N4O2S2/c1-8(2)11(9-5-4-6-19-9)15-20(17,18)10-7-16(3)14-12(10)13/h4-8,11,15H,1-3H3,(H2,13,14). The van der Waals surface area contributed by atoms with Gasteiger partial charge in [0.1, 0.15) is 4.90 Å². The number of nitrogens with zero attached hydrogens (tertiary/aromatic N) is 2. The molecule has 1 unspecified atom stereocenters. The summed E-state index contributed by atoms with van der Waals surface area (Å²) in [7, 11) is -2.06. The van der Waals surface area contributed by atoms with E-state index in [4.69, 9.17) is 5.73 Å². The molecule has 110 valence electrons. The number of aryl methyl sites for hydroxylation is 1. The van der Waals surface area contributed by atoms with Gasteiger partial charge in [-0.25, -0.2) is 13.1 Å². The van der Waals surface area contributed by atoms with Crippen molar-refractivity contribution >= 4 is 27.2 Å². The van der Waals surface area contributed by atoms with E-state index in [1.54, 1.807) is 7.05 Å². The molecular formula is C12H18N4O2S2. The Labute approximate surface area is 122 Å². The number of rotatable bonds is 5. The number of anilines is 1. The quantitative estimate of drug-likeness (QED) is 0.879. The topological polar surface area (TPSA) is 90.0 Å². The van der Waals surface area contributed by atoms with E-state index in [1.165, 1.54) is 22.2 Å². The van der Waals surface area contributed by atoms with Gasteiger partial charge in [-0.3, -0.25) is 4.68 Å². The van der Waals surface area contributed by atoms with Crippen molar-refractivity contribution in [1.29, 1.82) is 0 Å². The summed E-state index contributed by atoms with van der Waals surface area (Å²) < 4.78 is 29.0. The van der Waals surface area contributed by atoms with Gasteiger partial charge in [0, 0.05) is 18.1 Å². The smallest absolute Gasteiger partial charge is 0.246 e. The lowest BCUT2D eigenvalue weighted by Gasteiger charge is -2.20. The molecule has 0 fully saturated rings. The third-order valence-corrected chi connectivity index (χ3v) is 5.32. The first-order chi connectivity index (χ1) is 9.31. The molecule has 0 bridgehead atoms. The Hall–Kier alpha value is -1.38. The molecule has 8 heteroatoms. The molecule has 2 aromatic rings. The molecule has 20 heavy (non-hydrogen) atoms. The summed E-state index contributed by atoms with van der Waals surface area (Å²) in [6.07, 6.45) is 1.41. The molecule has 0 aliphatic carbocycles. The summed E-state index contributed by atoms with van der Waals surface area (Å²) in [5.74, 6) is 0.134. The molecule has 3 N–H and O–H groups in total. The Balaban J connectivity index is 2.33. The molecule has 0 aliphatic heterocycles. The molecule has 2 rings (SSSR count).